The van der Waals surface area contributed by atoms with E-state index in [4.69, 9.17) is 4.99 Å². The second kappa shape index (κ2) is 9.62. The van der Waals surface area contributed by atoms with Gasteiger partial charge >= 0.3 is 0 Å². The van der Waals surface area contributed by atoms with Gasteiger partial charge in [-0.25, -0.2) is 4.39 Å². The minimum Gasteiger partial charge on any atom is -0.357 e. The Balaban J connectivity index is 1.92. The number of hydrogen-bond acceptors (Lipinski definition) is 2. The van der Waals surface area contributed by atoms with Gasteiger partial charge < -0.3 is 15.1 Å². The molecule has 1 aliphatic heterocycles. The summed E-state index contributed by atoms with van der Waals surface area (Å²) in [6.45, 7) is 10.2. The van der Waals surface area contributed by atoms with Gasteiger partial charge in [0.05, 0.1) is 0 Å². The van der Waals surface area contributed by atoms with Crippen LogP contribution in [-0.4, -0.2) is 55.5 Å². The van der Waals surface area contributed by atoms with Crippen LogP contribution >= 0.6 is 0 Å². The topological polar surface area (TPSA) is 30.9 Å². The molecular weight excluding hydrogens is 303 g/mol. The maximum absolute atomic E-state index is 13.3. The third-order valence-corrected chi connectivity index (χ3v) is 4.41. The first-order chi connectivity index (χ1) is 11.6. The maximum Gasteiger partial charge on any atom is 0.193 e. The molecule has 0 radical (unpaired) electrons. The van der Waals surface area contributed by atoms with Gasteiger partial charge in [-0.2, -0.15) is 0 Å². The van der Waals surface area contributed by atoms with Gasteiger partial charge in [0.2, 0.25) is 0 Å². The molecule has 1 unspecified atom stereocenters. The standard InChI is InChI=1S/C19H31FN4/c1-4-10-24-11-9-17(15-24)13-22-19(21-5-2)23(3)14-16-7-6-8-18(20)12-16/h6-8,12,17H,4-5,9-11,13-15H2,1-3H3,(H,21,22). The molecule has 1 aromatic rings. The molecule has 0 saturated carbocycles. The largest absolute Gasteiger partial charge is 0.357 e. The first-order valence-corrected chi connectivity index (χ1v) is 9.08. The van der Waals surface area contributed by atoms with Crippen molar-refractivity contribution in [2.75, 3.05) is 39.8 Å². The van der Waals surface area contributed by atoms with Crippen LogP contribution in [0.15, 0.2) is 29.3 Å². The fourth-order valence-electron chi connectivity index (χ4n) is 3.25. The summed E-state index contributed by atoms with van der Waals surface area (Å²) in [6, 6.07) is 6.76. The molecule has 24 heavy (non-hydrogen) atoms. The number of halogens is 1. The third-order valence-electron chi connectivity index (χ3n) is 4.41. The molecule has 0 bridgehead atoms. The van der Waals surface area contributed by atoms with Crippen LogP contribution in [0.3, 0.4) is 0 Å². The number of nitrogens with one attached hydrogen (secondary N) is 1. The first-order valence-electron chi connectivity index (χ1n) is 9.08. The van der Waals surface area contributed by atoms with Gasteiger partial charge in [0, 0.05) is 33.2 Å². The lowest BCUT2D eigenvalue weighted by Gasteiger charge is -2.23. The van der Waals surface area contributed by atoms with Gasteiger partial charge in [0.15, 0.2) is 5.96 Å². The van der Waals surface area contributed by atoms with Crippen LogP contribution in [0.1, 0.15) is 32.3 Å². The van der Waals surface area contributed by atoms with E-state index in [9.17, 15) is 4.39 Å². The second-order valence-corrected chi connectivity index (χ2v) is 6.64. The summed E-state index contributed by atoms with van der Waals surface area (Å²) in [7, 11) is 2.00. The van der Waals surface area contributed by atoms with Crippen molar-refractivity contribution in [3.63, 3.8) is 0 Å². The van der Waals surface area contributed by atoms with Crippen molar-refractivity contribution in [3.8, 4) is 0 Å². The summed E-state index contributed by atoms with van der Waals surface area (Å²) in [5.74, 6) is 1.35. The van der Waals surface area contributed by atoms with Crippen LogP contribution in [-0.2, 0) is 6.54 Å². The Morgan fingerprint density at radius 2 is 2.25 bits per heavy atom. The van der Waals surface area contributed by atoms with E-state index in [1.807, 2.05) is 13.1 Å². The molecule has 1 saturated heterocycles. The van der Waals surface area contributed by atoms with E-state index >= 15 is 0 Å². The van der Waals surface area contributed by atoms with E-state index in [2.05, 4.69) is 29.0 Å². The lowest BCUT2D eigenvalue weighted by atomic mass is 10.1. The average Bonchev–Trinajstić information content (AvgIpc) is 2.99. The fourth-order valence-corrected chi connectivity index (χ4v) is 3.25. The lowest BCUT2D eigenvalue weighted by molar-refractivity contribution is 0.326. The zero-order valence-electron chi connectivity index (χ0n) is 15.3. The highest BCUT2D eigenvalue weighted by molar-refractivity contribution is 5.79. The minimum atomic E-state index is -0.190. The van der Waals surface area contributed by atoms with E-state index in [0.717, 1.165) is 31.2 Å². The van der Waals surface area contributed by atoms with E-state index in [1.54, 1.807) is 12.1 Å². The van der Waals surface area contributed by atoms with E-state index in [-0.39, 0.29) is 5.82 Å². The number of hydrogen-bond donors (Lipinski definition) is 1. The summed E-state index contributed by atoms with van der Waals surface area (Å²) in [4.78, 5) is 9.42. The quantitative estimate of drug-likeness (QED) is 0.614. The number of likely N-dealkylation sites (tertiary alicyclic amines) is 1. The molecule has 4 nitrogen and oxygen atoms in total. The average molecular weight is 334 g/mol. The summed E-state index contributed by atoms with van der Waals surface area (Å²) in [6.07, 6.45) is 2.45. The zero-order chi connectivity index (χ0) is 17.4. The molecular formula is C19H31FN4. The molecule has 134 valence electrons. The summed E-state index contributed by atoms with van der Waals surface area (Å²) in [5.41, 5.74) is 0.957. The van der Waals surface area contributed by atoms with Crippen molar-refractivity contribution >= 4 is 5.96 Å². The highest BCUT2D eigenvalue weighted by Gasteiger charge is 2.21. The molecule has 5 heteroatoms. The Kier molecular flexibility index (Phi) is 7.50. The van der Waals surface area contributed by atoms with Gasteiger partial charge in [-0.05, 0) is 56.5 Å². The van der Waals surface area contributed by atoms with Crippen molar-refractivity contribution in [1.29, 1.82) is 0 Å². The second-order valence-electron chi connectivity index (χ2n) is 6.64. The number of benzene rings is 1. The Hall–Kier alpha value is -1.62. The van der Waals surface area contributed by atoms with Crippen LogP contribution in [0, 0.1) is 11.7 Å². The maximum atomic E-state index is 13.3. The molecule has 0 amide bonds. The van der Waals surface area contributed by atoms with Crippen LogP contribution in [0.5, 0.6) is 0 Å². The summed E-state index contributed by atoms with van der Waals surface area (Å²) < 4.78 is 13.3. The van der Waals surface area contributed by atoms with E-state index in [1.165, 1.54) is 32.0 Å². The first kappa shape index (κ1) is 18.7. The van der Waals surface area contributed by atoms with Crippen LogP contribution in [0.2, 0.25) is 0 Å². The molecule has 1 atom stereocenters. The zero-order valence-corrected chi connectivity index (χ0v) is 15.3. The molecule has 1 aliphatic rings. The summed E-state index contributed by atoms with van der Waals surface area (Å²) >= 11 is 0. The highest BCUT2D eigenvalue weighted by atomic mass is 19.1. The minimum absolute atomic E-state index is 0.190. The van der Waals surface area contributed by atoms with Crippen molar-refractivity contribution in [2.45, 2.75) is 33.2 Å². The van der Waals surface area contributed by atoms with Gasteiger partial charge in [0.25, 0.3) is 0 Å². The molecule has 1 fully saturated rings. The van der Waals surface area contributed by atoms with Crippen LogP contribution in [0.4, 0.5) is 4.39 Å². The fraction of sp³-hybridized carbons (Fsp3) is 0.632. The van der Waals surface area contributed by atoms with Gasteiger partial charge in [-0.1, -0.05) is 19.1 Å². The lowest BCUT2D eigenvalue weighted by Crippen LogP contribution is -2.39. The third kappa shape index (κ3) is 5.78. The van der Waals surface area contributed by atoms with Crippen molar-refractivity contribution in [2.24, 2.45) is 10.9 Å². The highest BCUT2D eigenvalue weighted by Crippen LogP contribution is 2.16. The van der Waals surface area contributed by atoms with Crippen LogP contribution < -0.4 is 5.32 Å². The SMILES string of the molecule is CCCN1CCC(CN=C(NCC)N(C)Cc2cccc(F)c2)C1. The Morgan fingerprint density at radius 1 is 1.42 bits per heavy atom. The summed E-state index contributed by atoms with van der Waals surface area (Å²) in [5, 5.41) is 3.35. The molecule has 0 spiro atoms. The number of guanidine groups is 1. The van der Waals surface area contributed by atoms with Crippen molar-refractivity contribution < 1.29 is 4.39 Å². The van der Waals surface area contributed by atoms with Crippen molar-refractivity contribution in [3.05, 3.63) is 35.6 Å². The number of aliphatic imine (C=N–C) groups is 1. The van der Waals surface area contributed by atoms with Crippen LogP contribution in [0.25, 0.3) is 0 Å². The Labute approximate surface area is 145 Å². The van der Waals surface area contributed by atoms with E-state index in [0.29, 0.717) is 12.5 Å². The Bertz CT molecular complexity index is 532. The molecule has 1 heterocycles. The number of rotatable bonds is 7. The smallest absolute Gasteiger partial charge is 0.193 e. The molecule has 1 aromatic carbocycles. The monoisotopic (exact) mass is 334 g/mol. The molecule has 0 aromatic heterocycles. The van der Waals surface area contributed by atoms with Crippen molar-refractivity contribution in [1.82, 2.24) is 15.1 Å². The van der Waals surface area contributed by atoms with E-state index < -0.39 is 0 Å². The van der Waals surface area contributed by atoms with Gasteiger partial charge in [-0.3, -0.25) is 4.99 Å². The predicted octanol–water partition coefficient (Wildman–Crippen LogP) is 2.95. The molecule has 1 N–H and O–H groups in total. The Morgan fingerprint density at radius 3 is 2.96 bits per heavy atom. The number of nitrogens with zero attached hydrogens (tertiary/aromatic N) is 3. The van der Waals surface area contributed by atoms with Gasteiger partial charge in [0.1, 0.15) is 5.82 Å². The normalized spacial score (nSPS) is 18.8. The molecule has 2 rings (SSSR count). The molecule has 0 aliphatic carbocycles. The predicted molar refractivity (Wildman–Crippen MR) is 98.7 cm³/mol. The van der Waals surface area contributed by atoms with Gasteiger partial charge in [-0.15, -0.1) is 0 Å².